The summed E-state index contributed by atoms with van der Waals surface area (Å²) in [6.45, 7) is 4.55. The minimum absolute atomic E-state index is 0.268. The Bertz CT molecular complexity index is 1290. The van der Waals surface area contributed by atoms with Crippen molar-refractivity contribution in [2.45, 2.75) is 18.2 Å². The third-order valence-corrected chi connectivity index (χ3v) is 8.07. The molecular weight excluding hydrogens is 450 g/mol. The molecule has 3 aromatic rings. The van der Waals surface area contributed by atoms with Crippen LogP contribution in [0.3, 0.4) is 0 Å². The van der Waals surface area contributed by atoms with E-state index >= 15 is 0 Å². The van der Waals surface area contributed by atoms with Crippen LogP contribution in [0.4, 0.5) is 5.95 Å². The highest BCUT2D eigenvalue weighted by molar-refractivity contribution is 7.90. The quantitative estimate of drug-likeness (QED) is 0.457. The van der Waals surface area contributed by atoms with Crippen molar-refractivity contribution >= 4 is 22.1 Å². The van der Waals surface area contributed by atoms with E-state index in [1.165, 1.54) is 6.26 Å². The number of ether oxygens (including phenoxy) is 1. The highest BCUT2D eigenvalue weighted by atomic mass is 32.2. The zero-order valence-electron chi connectivity index (χ0n) is 19.2. The number of rotatable bonds is 8. The van der Waals surface area contributed by atoms with Crippen molar-refractivity contribution in [3.63, 3.8) is 0 Å². The predicted octanol–water partition coefficient (Wildman–Crippen LogP) is 3.68. The number of nitrogens with zero attached hydrogens (tertiary/aromatic N) is 3. The Labute approximate surface area is 199 Å². The first-order chi connectivity index (χ1) is 16.4. The van der Waals surface area contributed by atoms with Crippen molar-refractivity contribution in [2.75, 3.05) is 30.9 Å². The second-order valence-corrected chi connectivity index (χ2v) is 11.1. The van der Waals surface area contributed by atoms with Crippen molar-refractivity contribution in [2.24, 2.45) is 17.8 Å². The summed E-state index contributed by atoms with van der Waals surface area (Å²) in [6, 6.07) is 12.1. The Hall–Kier alpha value is -3.26. The molecule has 7 nitrogen and oxygen atoms in total. The highest BCUT2D eigenvalue weighted by Gasteiger charge is 2.56. The molecule has 0 N–H and O–H groups in total. The average Bonchev–Trinajstić information content (AvgIpc) is 3.30. The zero-order valence-corrected chi connectivity index (χ0v) is 20.0. The minimum Gasteiger partial charge on any atom is -0.493 e. The summed E-state index contributed by atoms with van der Waals surface area (Å²) < 4.78 is 29.4. The van der Waals surface area contributed by atoms with Gasteiger partial charge in [0, 0.05) is 37.7 Å². The zero-order chi connectivity index (χ0) is 23.9. The van der Waals surface area contributed by atoms with Crippen molar-refractivity contribution in [1.82, 2.24) is 9.97 Å². The lowest BCUT2D eigenvalue weighted by Crippen LogP contribution is -2.27. The molecule has 1 aromatic heterocycles. The van der Waals surface area contributed by atoms with Gasteiger partial charge in [0.15, 0.2) is 16.1 Å². The van der Waals surface area contributed by atoms with E-state index in [4.69, 9.17) is 4.74 Å². The van der Waals surface area contributed by atoms with Gasteiger partial charge in [-0.05, 0) is 59.2 Å². The van der Waals surface area contributed by atoms with E-state index in [0.717, 1.165) is 48.4 Å². The lowest BCUT2D eigenvalue weighted by molar-refractivity contribution is 0.111. The van der Waals surface area contributed by atoms with Crippen LogP contribution in [0.15, 0.2) is 59.8 Å². The Morgan fingerprint density at radius 2 is 1.68 bits per heavy atom. The van der Waals surface area contributed by atoms with Crippen LogP contribution in [-0.2, 0) is 16.3 Å². The van der Waals surface area contributed by atoms with Crippen LogP contribution < -0.4 is 9.64 Å². The summed E-state index contributed by atoms with van der Waals surface area (Å²) in [4.78, 5) is 23.2. The molecule has 2 aromatic carbocycles. The summed E-state index contributed by atoms with van der Waals surface area (Å²) >= 11 is 0. The molecule has 34 heavy (non-hydrogen) atoms. The smallest absolute Gasteiger partial charge is 0.225 e. The molecule has 176 valence electrons. The Morgan fingerprint density at radius 1 is 1.03 bits per heavy atom. The van der Waals surface area contributed by atoms with E-state index in [1.54, 1.807) is 30.3 Å². The van der Waals surface area contributed by atoms with Gasteiger partial charge in [-0.2, -0.15) is 0 Å². The summed E-state index contributed by atoms with van der Waals surface area (Å²) in [5.41, 5.74) is 3.31. The van der Waals surface area contributed by atoms with E-state index in [9.17, 15) is 13.2 Å². The molecule has 2 aliphatic rings. The average molecular weight is 478 g/mol. The second-order valence-electron chi connectivity index (χ2n) is 9.12. The van der Waals surface area contributed by atoms with Gasteiger partial charge >= 0.3 is 0 Å². The van der Waals surface area contributed by atoms with Gasteiger partial charge in [0.1, 0.15) is 5.75 Å². The number of hydrogen-bond acceptors (Lipinski definition) is 7. The molecule has 0 amide bonds. The fourth-order valence-electron chi connectivity index (χ4n) is 4.79. The van der Waals surface area contributed by atoms with Gasteiger partial charge in [0.05, 0.1) is 17.1 Å². The van der Waals surface area contributed by atoms with Gasteiger partial charge in [-0.25, -0.2) is 18.4 Å². The molecule has 2 unspecified atom stereocenters. The van der Waals surface area contributed by atoms with Crippen LogP contribution in [0.5, 0.6) is 5.75 Å². The molecule has 2 fully saturated rings. The normalized spacial score (nSPS) is 21.2. The molecule has 1 saturated carbocycles. The van der Waals surface area contributed by atoms with Gasteiger partial charge < -0.3 is 9.64 Å². The minimum atomic E-state index is -3.25. The number of aromatic nitrogens is 2. The SMILES string of the molecule is CCc1cnc(N2CC3C(COc4ccc(-c5ccc(S(C)(=O)=O)cc5)cc4C=O)C3C2)nc1. The van der Waals surface area contributed by atoms with Crippen molar-refractivity contribution in [3.8, 4) is 16.9 Å². The van der Waals surface area contributed by atoms with Crippen LogP contribution in [0, 0.1) is 17.8 Å². The van der Waals surface area contributed by atoms with E-state index in [0.29, 0.717) is 35.7 Å². The number of hydrogen-bond donors (Lipinski definition) is 0. The van der Waals surface area contributed by atoms with Crippen molar-refractivity contribution in [3.05, 3.63) is 66.0 Å². The maximum absolute atomic E-state index is 11.7. The van der Waals surface area contributed by atoms with Crippen molar-refractivity contribution in [1.29, 1.82) is 0 Å². The molecule has 0 radical (unpaired) electrons. The van der Waals surface area contributed by atoms with Crippen LogP contribution in [0.25, 0.3) is 11.1 Å². The maximum Gasteiger partial charge on any atom is 0.225 e. The lowest BCUT2D eigenvalue weighted by Gasteiger charge is -2.20. The summed E-state index contributed by atoms with van der Waals surface area (Å²) in [5, 5.41) is 0. The predicted molar refractivity (Wildman–Crippen MR) is 130 cm³/mol. The Balaban J connectivity index is 1.20. The molecule has 0 bridgehead atoms. The monoisotopic (exact) mass is 477 g/mol. The van der Waals surface area contributed by atoms with Crippen LogP contribution in [0.2, 0.25) is 0 Å². The molecule has 8 heteroatoms. The van der Waals surface area contributed by atoms with E-state index in [-0.39, 0.29) is 4.90 Å². The number of piperidine rings is 1. The molecule has 2 atom stereocenters. The number of carbonyl (C=O) groups excluding carboxylic acids is 1. The summed E-state index contributed by atoms with van der Waals surface area (Å²) in [5.74, 6) is 3.00. The molecule has 1 aliphatic heterocycles. The third kappa shape index (κ3) is 4.42. The van der Waals surface area contributed by atoms with Gasteiger partial charge in [0.25, 0.3) is 0 Å². The first-order valence-electron chi connectivity index (χ1n) is 11.5. The number of sulfone groups is 1. The van der Waals surface area contributed by atoms with E-state index in [1.807, 2.05) is 24.5 Å². The van der Waals surface area contributed by atoms with E-state index in [2.05, 4.69) is 21.8 Å². The Kier molecular flexibility index (Phi) is 5.85. The first kappa shape index (κ1) is 22.5. The fourth-order valence-corrected chi connectivity index (χ4v) is 5.42. The van der Waals surface area contributed by atoms with Gasteiger partial charge in [-0.1, -0.05) is 25.1 Å². The summed E-state index contributed by atoms with van der Waals surface area (Å²) in [6.07, 6.45) is 6.72. The number of aldehydes is 1. The first-order valence-corrected chi connectivity index (χ1v) is 13.3. The maximum atomic E-state index is 11.7. The van der Waals surface area contributed by atoms with Crippen molar-refractivity contribution < 1.29 is 17.9 Å². The molecule has 1 saturated heterocycles. The van der Waals surface area contributed by atoms with Crippen LogP contribution in [-0.4, -0.2) is 50.6 Å². The highest BCUT2D eigenvalue weighted by Crippen LogP contribution is 2.52. The molecular formula is C26H27N3O4S. The third-order valence-electron chi connectivity index (χ3n) is 6.94. The van der Waals surface area contributed by atoms with Gasteiger partial charge in [-0.3, -0.25) is 4.79 Å². The number of anilines is 1. The van der Waals surface area contributed by atoms with Gasteiger partial charge in [-0.15, -0.1) is 0 Å². The number of carbonyl (C=O) groups is 1. The second kappa shape index (κ2) is 8.83. The molecule has 0 spiro atoms. The lowest BCUT2D eigenvalue weighted by atomic mass is 10.0. The number of benzene rings is 2. The fraction of sp³-hybridized carbons (Fsp3) is 0.346. The van der Waals surface area contributed by atoms with Crippen LogP contribution >= 0.6 is 0 Å². The van der Waals surface area contributed by atoms with Crippen LogP contribution in [0.1, 0.15) is 22.8 Å². The number of fused-ring (bicyclic) bond motifs is 1. The number of aryl methyl sites for hydroxylation is 1. The van der Waals surface area contributed by atoms with E-state index < -0.39 is 9.84 Å². The van der Waals surface area contributed by atoms with Gasteiger partial charge in [0.2, 0.25) is 5.95 Å². The standard InChI is InChI=1S/C26H27N3O4S/c1-3-17-11-27-26(28-12-17)29-13-22-23(14-29)24(22)16-33-25-9-6-19(10-20(25)15-30)18-4-7-21(8-5-18)34(2,31)32/h4-12,15,22-24H,3,13-14,16H2,1-2H3. The molecule has 5 rings (SSSR count). The summed E-state index contributed by atoms with van der Waals surface area (Å²) in [7, 11) is -3.25. The Morgan fingerprint density at radius 3 is 2.26 bits per heavy atom. The molecule has 2 heterocycles. The topological polar surface area (TPSA) is 89.5 Å². The largest absolute Gasteiger partial charge is 0.493 e. The molecule has 1 aliphatic carbocycles.